The maximum absolute atomic E-state index is 11.5. The van der Waals surface area contributed by atoms with Crippen LogP contribution >= 0.6 is 0 Å². The number of rotatable bonds is 2. The molecule has 20 heavy (non-hydrogen) atoms. The lowest BCUT2D eigenvalue weighted by Crippen LogP contribution is -2.39. The zero-order valence-corrected chi connectivity index (χ0v) is 12.5. The molecule has 0 spiro atoms. The van der Waals surface area contributed by atoms with E-state index in [4.69, 9.17) is 0 Å². The average Bonchev–Trinajstić information content (AvgIpc) is 2.64. The van der Waals surface area contributed by atoms with Crippen molar-refractivity contribution in [1.29, 1.82) is 0 Å². The molecule has 2 N–H and O–H groups in total. The van der Waals surface area contributed by atoms with E-state index < -0.39 is 0 Å². The predicted octanol–water partition coefficient (Wildman–Crippen LogP) is 3.31. The van der Waals surface area contributed by atoms with Gasteiger partial charge in [0.1, 0.15) is 0 Å². The summed E-state index contributed by atoms with van der Waals surface area (Å²) >= 11 is 0. The molecule has 3 atom stereocenters. The average molecular weight is 274 g/mol. The number of fused-ring (bicyclic) bond motifs is 1. The summed E-state index contributed by atoms with van der Waals surface area (Å²) in [4.78, 5) is 14.5. The first-order valence-corrected chi connectivity index (χ1v) is 8.22. The highest BCUT2D eigenvalue weighted by Gasteiger charge is 2.26. The fourth-order valence-corrected chi connectivity index (χ4v) is 3.87. The smallest absolute Gasteiger partial charge is 0.248 e. The standard InChI is InChI=1S/C17H26N2O/c1-12-6-3-2-4-7-14(12)18-15-8-5-9-16-13(15)10-11-17(20)19-16/h10-12,14-15,18H,2-9H2,1H3,(H,19,20). The molecule has 0 saturated heterocycles. The Labute approximate surface area is 121 Å². The minimum Gasteiger partial charge on any atom is -0.326 e. The van der Waals surface area contributed by atoms with Gasteiger partial charge in [-0.05, 0) is 43.6 Å². The van der Waals surface area contributed by atoms with Crippen LogP contribution in [0.3, 0.4) is 0 Å². The van der Waals surface area contributed by atoms with Gasteiger partial charge in [0.15, 0.2) is 0 Å². The summed E-state index contributed by atoms with van der Waals surface area (Å²) in [6.07, 6.45) is 10.2. The van der Waals surface area contributed by atoms with Gasteiger partial charge in [-0.15, -0.1) is 0 Å². The van der Waals surface area contributed by atoms with E-state index in [9.17, 15) is 4.79 Å². The molecule has 0 amide bonds. The third kappa shape index (κ3) is 2.98. The highest BCUT2D eigenvalue weighted by atomic mass is 16.1. The Kier molecular flexibility index (Phi) is 4.25. The summed E-state index contributed by atoms with van der Waals surface area (Å²) < 4.78 is 0. The van der Waals surface area contributed by atoms with Crippen molar-refractivity contribution in [2.45, 2.75) is 70.4 Å². The van der Waals surface area contributed by atoms with Gasteiger partial charge >= 0.3 is 0 Å². The van der Waals surface area contributed by atoms with Crippen LogP contribution in [0.15, 0.2) is 16.9 Å². The van der Waals surface area contributed by atoms with Crippen LogP contribution in [-0.2, 0) is 6.42 Å². The Bertz CT molecular complexity index is 508. The molecule has 0 aromatic carbocycles. The molecule has 2 aliphatic rings. The Morgan fingerprint density at radius 1 is 1.10 bits per heavy atom. The lowest BCUT2D eigenvalue weighted by molar-refractivity contribution is 0.304. The van der Waals surface area contributed by atoms with Crippen LogP contribution < -0.4 is 10.9 Å². The first-order chi connectivity index (χ1) is 9.74. The molecule has 3 rings (SSSR count). The van der Waals surface area contributed by atoms with Crippen LogP contribution in [0.4, 0.5) is 0 Å². The highest BCUT2D eigenvalue weighted by Crippen LogP contribution is 2.31. The SMILES string of the molecule is CC1CCCCCC1NC1CCCc2[nH]c(=O)ccc21. The maximum Gasteiger partial charge on any atom is 0.248 e. The van der Waals surface area contributed by atoms with Crippen molar-refractivity contribution < 1.29 is 0 Å². The van der Waals surface area contributed by atoms with Crippen LogP contribution in [0.25, 0.3) is 0 Å². The van der Waals surface area contributed by atoms with Gasteiger partial charge in [0.25, 0.3) is 0 Å². The van der Waals surface area contributed by atoms with Crippen molar-refractivity contribution in [1.82, 2.24) is 10.3 Å². The van der Waals surface area contributed by atoms with Gasteiger partial charge in [-0.25, -0.2) is 0 Å². The van der Waals surface area contributed by atoms with E-state index in [1.165, 1.54) is 50.5 Å². The molecule has 0 radical (unpaired) electrons. The molecule has 0 aliphatic heterocycles. The zero-order chi connectivity index (χ0) is 13.9. The molecule has 3 nitrogen and oxygen atoms in total. The van der Waals surface area contributed by atoms with Crippen LogP contribution in [0.2, 0.25) is 0 Å². The van der Waals surface area contributed by atoms with Gasteiger partial charge in [0.05, 0.1) is 0 Å². The van der Waals surface area contributed by atoms with Crippen molar-refractivity contribution in [3.63, 3.8) is 0 Å². The van der Waals surface area contributed by atoms with Gasteiger partial charge < -0.3 is 10.3 Å². The first-order valence-electron chi connectivity index (χ1n) is 8.22. The van der Waals surface area contributed by atoms with Crippen molar-refractivity contribution in [2.75, 3.05) is 0 Å². The lowest BCUT2D eigenvalue weighted by Gasteiger charge is -2.32. The quantitative estimate of drug-likeness (QED) is 0.813. The Morgan fingerprint density at radius 2 is 1.95 bits per heavy atom. The van der Waals surface area contributed by atoms with Gasteiger partial charge in [-0.3, -0.25) is 4.79 Å². The molecule has 3 heteroatoms. The summed E-state index contributed by atoms with van der Waals surface area (Å²) in [7, 11) is 0. The number of pyridine rings is 1. The second-order valence-corrected chi connectivity index (χ2v) is 6.59. The minimum absolute atomic E-state index is 0.0345. The van der Waals surface area contributed by atoms with Crippen molar-refractivity contribution in [2.24, 2.45) is 5.92 Å². The fourth-order valence-electron chi connectivity index (χ4n) is 3.87. The third-order valence-electron chi connectivity index (χ3n) is 5.11. The summed E-state index contributed by atoms with van der Waals surface area (Å²) in [5, 5.41) is 3.90. The molecule has 2 aliphatic carbocycles. The molecule has 1 saturated carbocycles. The predicted molar refractivity (Wildman–Crippen MR) is 81.9 cm³/mol. The number of aromatic nitrogens is 1. The van der Waals surface area contributed by atoms with E-state index in [2.05, 4.69) is 17.2 Å². The van der Waals surface area contributed by atoms with Gasteiger partial charge in [-0.2, -0.15) is 0 Å². The van der Waals surface area contributed by atoms with E-state index in [-0.39, 0.29) is 5.56 Å². The van der Waals surface area contributed by atoms with E-state index in [1.54, 1.807) is 6.07 Å². The van der Waals surface area contributed by atoms with E-state index in [1.807, 2.05) is 6.07 Å². The summed E-state index contributed by atoms with van der Waals surface area (Å²) in [6, 6.07) is 4.78. The molecular weight excluding hydrogens is 248 g/mol. The fraction of sp³-hybridized carbons (Fsp3) is 0.706. The number of nitrogens with one attached hydrogen (secondary N) is 2. The van der Waals surface area contributed by atoms with Crippen LogP contribution in [-0.4, -0.2) is 11.0 Å². The topological polar surface area (TPSA) is 44.9 Å². The van der Waals surface area contributed by atoms with E-state index in [0.717, 1.165) is 18.0 Å². The van der Waals surface area contributed by atoms with Gasteiger partial charge in [0.2, 0.25) is 5.56 Å². The molecular formula is C17H26N2O. The molecule has 1 heterocycles. The second kappa shape index (κ2) is 6.13. The number of hydrogen-bond donors (Lipinski definition) is 2. The Morgan fingerprint density at radius 3 is 2.85 bits per heavy atom. The molecule has 1 aromatic rings. The van der Waals surface area contributed by atoms with Crippen molar-refractivity contribution >= 4 is 0 Å². The molecule has 110 valence electrons. The van der Waals surface area contributed by atoms with Crippen LogP contribution in [0.5, 0.6) is 0 Å². The zero-order valence-electron chi connectivity index (χ0n) is 12.5. The van der Waals surface area contributed by atoms with Gasteiger partial charge in [-0.1, -0.05) is 32.3 Å². The molecule has 1 aromatic heterocycles. The first kappa shape index (κ1) is 13.9. The largest absolute Gasteiger partial charge is 0.326 e. The van der Waals surface area contributed by atoms with Crippen molar-refractivity contribution in [3.05, 3.63) is 33.7 Å². The van der Waals surface area contributed by atoms with Crippen molar-refractivity contribution in [3.8, 4) is 0 Å². The lowest BCUT2D eigenvalue weighted by atomic mass is 9.88. The number of hydrogen-bond acceptors (Lipinski definition) is 2. The normalized spacial score (nSPS) is 30.6. The highest BCUT2D eigenvalue weighted by molar-refractivity contribution is 5.26. The second-order valence-electron chi connectivity index (χ2n) is 6.59. The molecule has 0 bridgehead atoms. The monoisotopic (exact) mass is 274 g/mol. The summed E-state index contributed by atoms with van der Waals surface area (Å²) in [5.41, 5.74) is 2.52. The summed E-state index contributed by atoms with van der Waals surface area (Å²) in [5.74, 6) is 0.769. The molecule has 1 fully saturated rings. The van der Waals surface area contributed by atoms with E-state index in [0.29, 0.717) is 12.1 Å². The minimum atomic E-state index is 0.0345. The third-order valence-corrected chi connectivity index (χ3v) is 5.11. The summed E-state index contributed by atoms with van der Waals surface area (Å²) in [6.45, 7) is 2.39. The Balaban J connectivity index is 1.77. The molecule has 3 unspecified atom stereocenters. The maximum atomic E-state index is 11.5. The Hall–Kier alpha value is -1.09. The number of aromatic amines is 1. The van der Waals surface area contributed by atoms with Gasteiger partial charge in [0, 0.05) is 23.8 Å². The number of aryl methyl sites for hydroxylation is 1. The number of H-pyrrole nitrogens is 1. The van der Waals surface area contributed by atoms with Crippen LogP contribution in [0.1, 0.15) is 69.2 Å². The van der Waals surface area contributed by atoms with E-state index >= 15 is 0 Å². The van der Waals surface area contributed by atoms with Crippen LogP contribution in [0, 0.1) is 5.92 Å².